The van der Waals surface area contributed by atoms with Gasteiger partial charge in [0.15, 0.2) is 11.6 Å². The zero-order chi connectivity index (χ0) is 14.8. The highest BCUT2D eigenvalue weighted by Gasteiger charge is 2.16. The van der Waals surface area contributed by atoms with E-state index < -0.39 is 0 Å². The lowest BCUT2D eigenvalue weighted by atomic mass is 10.2. The number of aromatic nitrogens is 2. The summed E-state index contributed by atoms with van der Waals surface area (Å²) in [4.78, 5) is 9.52. The molecule has 0 atom stereocenters. The number of hydrazine groups is 1. The average molecular weight is 312 g/mol. The van der Waals surface area contributed by atoms with Crippen LogP contribution >= 0.6 is 11.3 Å². The third kappa shape index (κ3) is 2.56. The predicted molar refractivity (Wildman–Crippen MR) is 89.0 cm³/mol. The zero-order valence-corrected chi connectivity index (χ0v) is 12.8. The van der Waals surface area contributed by atoms with Gasteiger partial charge in [-0.15, -0.1) is 0 Å². The number of hydrogen-bond acceptors (Lipinski definition) is 6. The summed E-state index contributed by atoms with van der Waals surface area (Å²) in [5, 5.41) is 7.25. The van der Waals surface area contributed by atoms with Gasteiger partial charge in [-0.1, -0.05) is 12.1 Å². The minimum Gasteiger partial charge on any atom is -0.378 e. The van der Waals surface area contributed by atoms with Gasteiger partial charge in [-0.25, -0.2) is 15.4 Å². The normalized spacial score (nSPS) is 15.9. The van der Waals surface area contributed by atoms with Gasteiger partial charge in [-0.05, 0) is 23.6 Å². The molecule has 3 heterocycles. The summed E-state index contributed by atoms with van der Waals surface area (Å²) in [6.07, 6.45) is 0. The number of thiophene rings is 1. The minimum absolute atomic E-state index is 0.694. The lowest BCUT2D eigenvalue weighted by Gasteiger charge is -2.23. The van der Waals surface area contributed by atoms with Gasteiger partial charge in [-0.2, -0.15) is 11.3 Å². The van der Waals surface area contributed by atoms with Gasteiger partial charge in [0, 0.05) is 22.9 Å². The summed E-state index contributed by atoms with van der Waals surface area (Å²) < 4.78 is 5.51. The molecule has 5 nitrogen and oxygen atoms in total. The molecule has 0 bridgehead atoms. The Morgan fingerprint density at radius 2 is 2.09 bits per heavy atom. The SMILES string of the molecule is c1ccc2c(N3CCOCCN3)nc(-c3ccsc3)nc2c1. The second-order valence-electron chi connectivity index (χ2n) is 5.07. The largest absolute Gasteiger partial charge is 0.378 e. The summed E-state index contributed by atoms with van der Waals surface area (Å²) in [5.41, 5.74) is 5.40. The smallest absolute Gasteiger partial charge is 0.163 e. The molecule has 1 aliphatic rings. The highest BCUT2D eigenvalue weighted by molar-refractivity contribution is 7.08. The molecule has 1 N–H and O–H groups in total. The van der Waals surface area contributed by atoms with Crippen molar-refractivity contribution in [1.29, 1.82) is 0 Å². The molecule has 112 valence electrons. The number of anilines is 1. The number of rotatable bonds is 2. The molecule has 0 saturated carbocycles. The number of benzene rings is 1. The average Bonchev–Trinajstić information content (AvgIpc) is 2.97. The number of nitrogens with zero attached hydrogens (tertiary/aromatic N) is 3. The lowest BCUT2D eigenvalue weighted by Crippen LogP contribution is -2.39. The second-order valence-corrected chi connectivity index (χ2v) is 5.85. The van der Waals surface area contributed by atoms with E-state index in [-0.39, 0.29) is 0 Å². The van der Waals surface area contributed by atoms with Gasteiger partial charge in [-0.3, -0.25) is 5.01 Å². The van der Waals surface area contributed by atoms with Crippen LogP contribution in [-0.2, 0) is 4.74 Å². The molecule has 6 heteroatoms. The van der Waals surface area contributed by atoms with Crippen molar-refractivity contribution in [1.82, 2.24) is 15.4 Å². The molecule has 1 aliphatic heterocycles. The third-order valence-corrected chi connectivity index (χ3v) is 4.31. The van der Waals surface area contributed by atoms with E-state index in [0.717, 1.165) is 47.8 Å². The van der Waals surface area contributed by atoms with Crippen molar-refractivity contribution in [2.24, 2.45) is 0 Å². The zero-order valence-electron chi connectivity index (χ0n) is 12.0. The Bertz CT molecular complexity index is 767. The Morgan fingerprint density at radius 3 is 3.00 bits per heavy atom. The van der Waals surface area contributed by atoms with Crippen LogP contribution in [0.3, 0.4) is 0 Å². The Labute approximate surface area is 132 Å². The topological polar surface area (TPSA) is 50.3 Å². The van der Waals surface area contributed by atoms with Crippen molar-refractivity contribution < 1.29 is 4.74 Å². The molecule has 0 radical (unpaired) electrons. The molecule has 3 aromatic rings. The molecule has 0 aliphatic carbocycles. The van der Waals surface area contributed by atoms with E-state index in [1.54, 1.807) is 11.3 Å². The van der Waals surface area contributed by atoms with E-state index in [4.69, 9.17) is 14.7 Å². The van der Waals surface area contributed by atoms with Crippen LogP contribution in [0, 0.1) is 0 Å². The van der Waals surface area contributed by atoms with Gasteiger partial charge in [0.1, 0.15) is 0 Å². The van der Waals surface area contributed by atoms with Gasteiger partial charge in [0.25, 0.3) is 0 Å². The summed E-state index contributed by atoms with van der Waals surface area (Å²) in [6, 6.07) is 10.2. The molecule has 1 fully saturated rings. The van der Waals surface area contributed by atoms with Crippen molar-refractivity contribution >= 4 is 28.1 Å². The standard InChI is InChI=1S/C16H16N4OS/c1-2-4-14-13(3-1)16(20-7-9-21-8-6-17-20)19-15(18-14)12-5-10-22-11-12/h1-5,10-11,17H,6-9H2. The van der Waals surface area contributed by atoms with Crippen molar-refractivity contribution in [3.63, 3.8) is 0 Å². The van der Waals surface area contributed by atoms with Crippen LogP contribution in [0.1, 0.15) is 0 Å². The van der Waals surface area contributed by atoms with Gasteiger partial charge in [0.2, 0.25) is 0 Å². The third-order valence-electron chi connectivity index (χ3n) is 3.63. The first-order valence-electron chi connectivity index (χ1n) is 7.30. The number of nitrogens with one attached hydrogen (secondary N) is 1. The second kappa shape index (κ2) is 6.00. The summed E-state index contributed by atoms with van der Waals surface area (Å²) in [6.45, 7) is 2.96. The summed E-state index contributed by atoms with van der Waals surface area (Å²) in [5.74, 6) is 1.68. The molecule has 0 spiro atoms. The number of hydrogen-bond donors (Lipinski definition) is 1. The maximum atomic E-state index is 5.51. The maximum Gasteiger partial charge on any atom is 0.163 e. The van der Waals surface area contributed by atoms with Crippen LogP contribution in [-0.4, -0.2) is 36.3 Å². The molecule has 1 saturated heterocycles. The molecule has 4 rings (SSSR count). The van der Waals surface area contributed by atoms with E-state index in [1.165, 1.54) is 0 Å². The quantitative estimate of drug-likeness (QED) is 0.788. The van der Waals surface area contributed by atoms with Crippen LogP contribution < -0.4 is 10.4 Å². The molecular formula is C16H16N4OS. The summed E-state index contributed by atoms with van der Waals surface area (Å²) >= 11 is 1.66. The fraction of sp³-hybridized carbons (Fsp3) is 0.250. The Hall–Kier alpha value is -2.02. The van der Waals surface area contributed by atoms with Crippen molar-refractivity contribution in [2.75, 3.05) is 31.3 Å². The highest BCUT2D eigenvalue weighted by Crippen LogP contribution is 2.27. The molecule has 0 amide bonds. The first-order chi connectivity index (χ1) is 10.9. The Balaban J connectivity index is 1.87. The van der Waals surface area contributed by atoms with E-state index in [0.29, 0.717) is 6.61 Å². The van der Waals surface area contributed by atoms with Crippen molar-refractivity contribution in [3.05, 3.63) is 41.1 Å². The van der Waals surface area contributed by atoms with Gasteiger partial charge >= 0.3 is 0 Å². The molecule has 2 aromatic heterocycles. The molecule has 1 aromatic carbocycles. The Morgan fingerprint density at radius 1 is 1.14 bits per heavy atom. The molecule has 22 heavy (non-hydrogen) atoms. The van der Waals surface area contributed by atoms with Crippen molar-refractivity contribution in [2.45, 2.75) is 0 Å². The highest BCUT2D eigenvalue weighted by atomic mass is 32.1. The van der Waals surface area contributed by atoms with E-state index >= 15 is 0 Å². The fourth-order valence-corrected chi connectivity index (χ4v) is 3.19. The maximum absolute atomic E-state index is 5.51. The monoisotopic (exact) mass is 312 g/mol. The van der Waals surface area contributed by atoms with Crippen LogP contribution in [0.2, 0.25) is 0 Å². The van der Waals surface area contributed by atoms with Crippen LogP contribution in [0.4, 0.5) is 5.82 Å². The first kappa shape index (κ1) is 13.6. The number of ether oxygens (including phenoxy) is 1. The van der Waals surface area contributed by atoms with Gasteiger partial charge < -0.3 is 4.74 Å². The van der Waals surface area contributed by atoms with Gasteiger partial charge in [0.05, 0.1) is 25.3 Å². The molecule has 0 unspecified atom stereocenters. The van der Waals surface area contributed by atoms with Crippen LogP contribution in [0.25, 0.3) is 22.3 Å². The Kier molecular flexibility index (Phi) is 3.72. The van der Waals surface area contributed by atoms with Crippen LogP contribution in [0.5, 0.6) is 0 Å². The fourth-order valence-electron chi connectivity index (χ4n) is 2.56. The van der Waals surface area contributed by atoms with Crippen molar-refractivity contribution in [3.8, 4) is 11.4 Å². The number of para-hydroxylation sites is 1. The molecular weight excluding hydrogens is 296 g/mol. The minimum atomic E-state index is 0.694. The summed E-state index contributed by atoms with van der Waals surface area (Å²) in [7, 11) is 0. The number of fused-ring (bicyclic) bond motifs is 1. The van der Waals surface area contributed by atoms with Crippen LogP contribution in [0.15, 0.2) is 41.1 Å². The predicted octanol–water partition coefficient (Wildman–Crippen LogP) is 2.70. The first-order valence-corrected chi connectivity index (χ1v) is 8.24. The van der Waals surface area contributed by atoms with E-state index in [1.807, 2.05) is 23.6 Å². The van der Waals surface area contributed by atoms with E-state index in [2.05, 4.69) is 27.9 Å². The lowest BCUT2D eigenvalue weighted by molar-refractivity contribution is 0.158. The van der Waals surface area contributed by atoms with E-state index in [9.17, 15) is 0 Å².